The Bertz CT molecular complexity index is 26.3. The summed E-state index contributed by atoms with van der Waals surface area (Å²) in [6.45, 7) is 6.76. The van der Waals surface area contributed by atoms with Gasteiger partial charge in [0.2, 0.25) is 0 Å². The van der Waals surface area contributed by atoms with Crippen molar-refractivity contribution in [2.45, 2.75) is 19.6 Å². The summed E-state index contributed by atoms with van der Waals surface area (Å²) in [7, 11) is 0. The second-order valence-corrected chi connectivity index (χ2v) is 13.1. The molecule has 53 valence electrons. The minimum Gasteiger partial charge on any atom is 0 e. The van der Waals surface area contributed by atoms with E-state index in [1.165, 1.54) is 0 Å². The molecule has 0 heterocycles. The van der Waals surface area contributed by atoms with Crippen LogP contribution >= 0.6 is 0 Å². The van der Waals surface area contributed by atoms with Crippen molar-refractivity contribution in [1.82, 2.24) is 0 Å². The van der Waals surface area contributed by atoms with Crippen molar-refractivity contribution in [2.75, 3.05) is 0 Å². The molecule has 0 aliphatic rings. The fourth-order valence-electron chi connectivity index (χ4n) is 0. The maximum Gasteiger partial charge on any atom is 0 e. The standard InChI is InChI=1S/C3H9Si.Lu.Tm/c1-4(2)3;;/h1-3H3;;. The normalized spacial score (nSPS) is 10.2. The first-order chi connectivity index (χ1) is 2.00. The van der Waals surface area contributed by atoms with Gasteiger partial charge in [-0.2, -0.15) is 0 Å². The Kier molecular flexibility index (Phi) is 8.71. The van der Waals surface area contributed by atoms with Crippen LogP contribution in [0.25, 0.3) is 0 Å². The zero-order valence-corrected chi connectivity index (χ0v) is 8.47. The molecule has 6 heavy (non-hydrogen) atoms. The molecule has 1 radical (unpaired) electrons. The first-order valence-electron chi connectivity index (χ1n) is 1.63. The summed E-state index contributed by atoms with van der Waals surface area (Å²) in [5.41, 5.74) is 0. The van der Waals surface area contributed by atoms with Gasteiger partial charge in [0.1, 0.15) is 0 Å². The smallest absolute Gasteiger partial charge is 0 e. The van der Waals surface area contributed by atoms with Gasteiger partial charge in [0.15, 0.2) is 0 Å². The molecule has 0 aliphatic heterocycles. The van der Waals surface area contributed by atoms with Crippen LogP contribution in [-0.2, 0) is 0 Å². The molecule has 0 aromatic heterocycles. The minimum atomic E-state index is -0.778. The molecule has 3 heteroatoms. The van der Waals surface area contributed by atoms with Gasteiger partial charge >= 0.3 is 56.9 Å². The van der Waals surface area contributed by atoms with Gasteiger partial charge in [0, 0.05) is 36.9 Å². The summed E-state index contributed by atoms with van der Waals surface area (Å²) in [6, 6.07) is 0. The van der Waals surface area contributed by atoms with Gasteiger partial charge < -0.3 is 0 Å². The van der Waals surface area contributed by atoms with Crippen LogP contribution in [0.3, 0.4) is 0 Å². The molecule has 0 saturated heterocycles. The van der Waals surface area contributed by atoms with E-state index in [9.17, 15) is 0 Å². The molecule has 0 amide bonds. The van der Waals surface area contributed by atoms with Gasteiger partial charge in [0.25, 0.3) is 0 Å². The van der Waals surface area contributed by atoms with Gasteiger partial charge in [-0.05, 0) is 0 Å². The maximum absolute atomic E-state index is 3.38. The van der Waals surface area contributed by atoms with Crippen LogP contribution in [0, 0.1) is 70.8 Å². The molecule has 0 aliphatic carbocycles. The largest absolute Gasteiger partial charge is 0 e. The van der Waals surface area contributed by atoms with Crippen molar-refractivity contribution in [3.8, 4) is 0 Å². The van der Waals surface area contributed by atoms with E-state index in [0.717, 1.165) is 0 Å². The summed E-state index contributed by atoms with van der Waals surface area (Å²) >= 11 is 3.38. The fraction of sp³-hybridized carbons (Fsp3) is 1.00. The predicted molar refractivity (Wildman–Crippen MR) is 23.3 cm³/mol. The van der Waals surface area contributed by atoms with Gasteiger partial charge in [-0.15, -0.1) is 0 Å². The van der Waals surface area contributed by atoms with Crippen LogP contribution in [0.1, 0.15) is 0 Å². The first-order valence-corrected chi connectivity index (χ1v) is 7.37. The topological polar surface area (TPSA) is 0 Å². The zero-order valence-electron chi connectivity index (χ0n) is 4.04. The quantitative estimate of drug-likeness (QED) is 0.523. The third-order valence-corrected chi connectivity index (χ3v) is 0. The molecular formula is C3H9LuSiTm. The molecule has 0 unspecified atom stereocenters. The van der Waals surface area contributed by atoms with Crippen molar-refractivity contribution in [3.63, 3.8) is 0 Å². The summed E-state index contributed by atoms with van der Waals surface area (Å²) in [4.78, 5) is 0. The Hall–Kier alpha value is 2.68. The summed E-state index contributed by atoms with van der Waals surface area (Å²) < 4.78 is -0.778. The maximum atomic E-state index is 3.38. The van der Waals surface area contributed by atoms with Crippen LogP contribution < -0.4 is 0 Å². The average molecular weight is 417 g/mol. The second kappa shape index (κ2) is 4.55. The monoisotopic (exact) mass is 417 g/mol. The Labute approximate surface area is 91.7 Å². The van der Waals surface area contributed by atoms with Crippen LogP contribution in [0.2, 0.25) is 19.6 Å². The van der Waals surface area contributed by atoms with Crippen molar-refractivity contribution < 1.29 is 70.8 Å². The third-order valence-electron chi connectivity index (χ3n) is 0. The van der Waals surface area contributed by atoms with E-state index >= 15 is 0 Å². The van der Waals surface area contributed by atoms with Crippen LogP contribution in [0.4, 0.5) is 0 Å². The van der Waals surface area contributed by atoms with E-state index in [0.29, 0.717) is 0 Å². The second-order valence-electron chi connectivity index (χ2n) is 1.89. The van der Waals surface area contributed by atoms with E-state index < -0.39 is 3.37 Å². The van der Waals surface area contributed by atoms with E-state index in [1.54, 1.807) is 0 Å². The Balaban J connectivity index is 0. The number of hydrogen-bond acceptors (Lipinski definition) is 0. The van der Waals surface area contributed by atoms with Crippen molar-refractivity contribution in [3.05, 3.63) is 0 Å². The van der Waals surface area contributed by atoms with Gasteiger partial charge in [-0.25, -0.2) is 0 Å². The predicted octanol–water partition coefficient (Wildman–Crippen LogP) is 1.37. The molecule has 0 N–H and O–H groups in total. The van der Waals surface area contributed by atoms with Gasteiger partial charge in [0.05, 0.1) is 0 Å². The summed E-state index contributed by atoms with van der Waals surface area (Å²) in [6.07, 6.45) is 0. The number of hydrogen-bond donors (Lipinski definition) is 0. The zero-order chi connectivity index (χ0) is 4.50. The SMILES string of the molecule is C[Si](C)(C)[Lu].[Tm]. The molecule has 0 nitrogen and oxygen atoms in total. The molecule has 0 atom stereocenters. The molecule has 0 rings (SSSR count). The van der Waals surface area contributed by atoms with Crippen LogP contribution in [0.5, 0.6) is 0 Å². The molecule has 0 aromatic carbocycles. The Morgan fingerprint density at radius 1 is 1.17 bits per heavy atom. The van der Waals surface area contributed by atoms with Crippen molar-refractivity contribution >= 4 is 3.37 Å². The molecule has 0 spiro atoms. The Morgan fingerprint density at radius 3 is 1.17 bits per heavy atom. The van der Waals surface area contributed by atoms with Crippen LogP contribution in [0.15, 0.2) is 0 Å². The molecule has 0 aromatic rings. The average Bonchev–Trinajstić information content (AvgIpc) is 0.722. The minimum absolute atomic E-state index is 0. The molecule has 0 saturated carbocycles. The van der Waals surface area contributed by atoms with Crippen molar-refractivity contribution in [1.29, 1.82) is 0 Å². The van der Waals surface area contributed by atoms with E-state index in [-0.39, 0.29) is 36.9 Å². The molecule has 0 bridgehead atoms. The number of rotatable bonds is 0. The third kappa shape index (κ3) is 30.0. The van der Waals surface area contributed by atoms with Gasteiger partial charge in [-0.3, -0.25) is 0 Å². The summed E-state index contributed by atoms with van der Waals surface area (Å²) in [5.74, 6) is 0. The van der Waals surface area contributed by atoms with Crippen molar-refractivity contribution in [2.24, 2.45) is 0 Å². The first kappa shape index (κ1) is 11.5. The molecular weight excluding hydrogens is 408 g/mol. The Morgan fingerprint density at radius 2 is 1.17 bits per heavy atom. The molecule has 0 fully saturated rings. The van der Waals surface area contributed by atoms with Gasteiger partial charge in [-0.1, -0.05) is 0 Å². The summed E-state index contributed by atoms with van der Waals surface area (Å²) in [5, 5.41) is 0. The van der Waals surface area contributed by atoms with Crippen LogP contribution in [-0.4, -0.2) is 3.37 Å². The fourth-order valence-corrected chi connectivity index (χ4v) is 0. The van der Waals surface area contributed by atoms with E-state index in [1.807, 2.05) is 0 Å². The van der Waals surface area contributed by atoms with E-state index in [4.69, 9.17) is 0 Å². The van der Waals surface area contributed by atoms with E-state index in [2.05, 4.69) is 53.6 Å².